The number of nitrogens with zero attached hydrogens (tertiary/aromatic N) is 2. The summed E-state index contributed by atoms with van der Waals surface area (Å²) in [4.78, 5) is 26.3. The van der Waals surface area contributed by atoms with Gasteiger partial charge in [-0.3, -0.25) is 9.59 Å². The molecular weight excluding hydrogens is 376 g/mol. The van der Waals surface area contributed by atoms with Gasteiger partial charge in [0.1, 0.15) is 5.76 Å². The van der Waals surface area contributed by atoms with E-state index in [9.17, 15) is 9.59 Å². The third-order valence-corrected chi connectivity index (χ3v) is 5.19. The molecule has 0 spiro atoms. The maximum Gasteiger partial charge on any atom is 0.238 e. The first-order chi connectivity index (χ1) is 13.4. The van der Waals surface area contributed by atoms with Crippen molar-refractivity contribution in [2.45, 2.75) is 32.1 Å². The number of hydrogen-bond donors (Lipinski definition) is 2. The Labute approximate surface area is 170 Å². The number of benzene rings is 1. The summed E-state index contributed by atoms with van der Waals surface area (Å²) in [5.41, 5.74) is 1.28. The minimum Gasteiger partial charge on any atom is -0.360 e. The molecule has 0 saturated carbocycles. The highest BCUT2D eigenvalue weighted by Crippen LogP contribution is 2.14. The van der Waals surface area contributed by atoms with Gasteiger partial charge in [0.05, 0.1) is 11.0 Å². The van der Waals surface area contributed by atoms with Crippen molar-refractivity contribution >= 4 is 29.4 Å². The topological polar surface area (TPSA) is 87.5 Å². The lowest BCUT2D eigenvalue weighted by atomic mass is 10.2. The molecule has 0 radical (unpaired) electrons. The van der Waals surface area contributed by atoms with Crippen LogP contribution in [0.25, 0.3) is 0 Å². The van der Waals surface area contributed by atoms with E-state index in [0.29, 0.717) is 18.1 Å². The number of thioether (sulfide) groups is 1. The second kappa shape index (κ2) is 11.5. The summed E-state index contributed by atoms with van der Waals surface area (Å²) in [6, 6.07) is 11.9. The molecule has 28 heavy (non-hydrogen) atoms. The Hall–Kier alpha value is -2.32. The lowest BCUT2D eigenvalue weighted by Crippen LogP contribution is -2.31. The number of carbonyl (C=O) groups is 2. The van der Waals surface area contributed by atoms with Crippen LogP contribution in [-0.4, -0.2) is 53.0 Å². The molecule has 0 bridgehead atoms. The van der Waals surface area contributed by atoms with Gasteiger partial charge in [-0.1, -0.05) is 35.5 Å². The van der Waals surface area contributed by atoms with Crippen LogP contribution in [0.4, 0.5) is 5.82 Å². The van der Waals surface area contributed by atoms with Crippen LogP contribution in [0.1, 0.15) is 24.7 Å². The molecule has 152 valence electrons. The van der Waals surface area contributed by atoms with E-state index in [2.05, 4.69) is 39.9 Å². The average molecular weight is 405 g/mol. The van der Waals surface area contributed by atoms with Crippen LogP contribution in [0, 0.1) is 6.92 Å². The van der Waals surface area contributed by atoms with Crippen molar-refractivity contribution < 1.29 is 14.1 Å². The zero-order valence-corrected chi connectivity index (χ0v) is 17.4. The summed E-state index contributed by atoms with van der Waals surface area (Å²) >= 11 is 1.29. The number of carbonyl (C=O) groups excluding carboxylic acids is 2. The van der Waals surface area contributed by atoms with Crippen molar-refractivity contribution in [3.63, 3.8) is 0 Å². The molecule has 1 atom stereocenters. The predicted molar refractivity (Wildman–Crippen MR) is 112 cm³/mol. The van der Waals surface area contributed by atoms with Gasteiger partial charge in [-0.2, -0.15) is 0 Å². The zero-order chi connectivity index (χ0) is 20.4. The van der Waals surface area contributed by atoms with Crippen LogP contribution in [0.3, 0.4) is 0 Å². The van der Waals surface area contributed by atoms with E-state index in [4.69, 9.17) is 4.52 Å². The third-order valence-electron chi connectivity index (χ3n) is 4.05. The monoisotopic (exact) mass is 404 g/mol. The maximum atomic E-state index is 12.1. The van der Waals surface area contributed by atoms with Crippen molar-refractivity contribution in [2.24, 2.45) is 0 Å². The molecule has 7 nitrogen and oxygen atoms in total. The predicted octanol–water partition coefficient (Wildman–Crippen LogP) is 2.68. The van der Waals surface area contributed by atoms with E-state index >= 15 is 0 Å². The first-order valence-electron chi connectivity index (χ1n) is 9.29. The third kappa shape index (κ3) is 8.14. The first kappa shape index (κ1) is 22.0. The second-order valence-electron chi connectivity index (χ2n) is 6.69. The molecule has 2 amide bonds. The number of amides is 2. The lowest BCUT2D eigenvalue weighted by molar-refractivity contribution is -0.118. The quantitative estimate of drug-likeness (QED) is 0.560. The minimum absolute atomic E-state index is 0.0624. The van der Waals surface area contributed by atoms with Gasteiger partial charge in [0.2, 0.25) is 11.8 Å². The molecule has 0 fully saturated rings. The highest BCUT2D eigenvalue weighted by Gasteiger charge is 2.16. The SMILES string of the molecule is Cc1cc(NC(=O)C(C)SCC(=O)NCCCN(C)Cc2ccccc2)no1. The van der Waals surface area contributed by atoms with Crippen LogP contribution < -0.4 is 10.6 Å². The number of anilines is 1. The number of hydrogen-bond acceptors (Lipinski definition) is 6. The Morgan fingerprint density at radius 2 is 2.04 bits per heavy atom. The Bertz CT molecular complexity index is 751. The molecule has 8 heteroatoms. The molecule has 1 aromatic carbocycles. The summed E-state index contributed by atoms with van der Waals surface area (Å²) in [5.74, 6) is 0.997. The molecular formula is C20H28N4O3S. The highest BCUT2D eigenvalue weighted by molar-refractivity contribution is 8.01. The molecule has 2 N–H and O–H groups in total. The van der Waals surface area contributed by atoms with Gasteiger partial charge in [-0.25, -0.2) is 0 Å². The Balaban J connectivity index is 1.56. The standard InChI is InChI=1S/C20H28N4O3S/c1-15-12-18(23-27-15)22-20(26)16(2)28-14-19(25)21-10-7-11-24(3)13-17-8-5-4-6-9-17/h4-6,8-9,12,16H,7,10-11,13-14H2,1-3H3,(H,21,25)(H,22,23,26). The highest BCUT2D eigenvalue weighted by atomic mass is 32.2. The van der Waals surface area contributed by atoms with Gasteiger partial charge in [-0.05, 0) is 39.4 Å². The van der Waals surface area contributed by atoms with E-state index < -0.39 is 0 Å². The van der Waals surface area contributed by atoms with Crippen LogP contribution >= 0.6 is 11.8 Å². The molecule has 1 heterocycles. The van der Waals surface area contributed by atoms with E-state index in [1.54, 1.807) is 19.9 Å². The number of rotatable bonds is 11. The molecule has 0 aliphatic carbocycles. The summed E-state index contributed by atoms with van der Waals surface area (Å²) in [6.07, 6.45) is 0.876. The summed E-state index contributed by atoms with van der Waals surface area (Å²) in [6.45, 7) is 5.93. The maximum absolute atomic E-state index is 12.1. The smallest absolute Gasteiger partial charge is 0.238 e. The molecule has 0 aliphatic heterocycles. The van der Waals surface area contributed by atoms with E-state index in [1.165, 1.54) is 17.3 Å². The lowest BCUT2D eigenvalue weighted by Gasteiger charge is -2.16. The van der Waals surface area contributed by atoms with Gasteiger partial charge in [0.25, 0.3) is 0 Å². The van der Waals surface area contributed by atoms with Crippen LogP contribution in [0.15, 0.2) is 40.9 Å². The average Bonchev–Trinajstić information content (AvgIpc) is 3.08. The van der Waals surface area contributed by atoms with Gasteiger partial charge in [0, 0.05) is 19.2 Å². The van der Waals surface area contributed by atoms with Crippen LogP contribution in [-0.2, 0) is 16.1 Å². The summed E-state index contributed by atoms with van der Waals surface area (Å²) in [5, 5.41) is 8.94. The van der Waals surface area contributed by atoms with Crippen molar-refractivity contribution in [1.29, 1.82) is 0 Å². The largest absolute Gasteiger partial charge is 0.360 e. The van der Waals surface area contributed by atoms with Crippen LogP contribution in [0.2, 0.25) is 0 Å². The van der Waals surface area contributed by atoms with Gasteiger partial charge >= 0.3 is 0 Å². The van der Waals surface area contributed by atoms with Crippen molar-refractivity contribution in [2.75, 3.05) is 31.2 Å². The molecule has 0 aliphatic rings. The van der Waals surface area contributed by atoms with Crippen LogP contribution in [0.5, 0.6) is 0 Å². The Morgan fingerprint density at radius 1 is 1.29 bits per heavy atom. The van der Waals surface area contributed by atoms with Crippen molar-refractivity contribution in [1.82, 2.24) is 15.4 Å². The molecule has 0 saturated heterocycles. The van der Waals surface area contributed by atoms with E-state index in [1.807, 2.05) is 18.2 Å². The van der Waals surface area contributed by atoms with E-state index in [0.717, 1.165) is 19.5 Å². The summed E-state index contributed by atoms with van der Waals surface area (Å²) in [7, 11) is 2.07. The Morgan fingerprint density at radius 3 is 2.71 bits per heavy atom. The summed E-state index contributed by atoms with van der Waals surface area (Å²) < 4.78 is 4.91. The molecule has 1 unspecified atom stereocenters. The Kier molecular flexibility index (Phi) is 9.03. The van der Waals surface area contributed by atoms with Gasteiger partial charge in [-0.15, -0.1) is 11.8 Å². The molecule has 1 aromatic heterocycles. The minimum atomic E-state index is -0.361. The van der Waals surface area contributed by atoms with Gasteiger partial charge < -0.3 is 20.1 Å². The molecule has 2 aromatic rings. The molecule has 2 rings (SSSR count). The fourth-order valence-corrected chi connectivity index (χ4v) is 3.25. The van der Waals surface area contributed by atoms with E-state index in [-0.39, 0.29) is 22.8 Å². The van der Waals surface area contributed by atoms with Crippen molar-refractivity contribution in [3.05, 3.63) is 47.7 Å². The normalized spacial score (nSPS) is 12.0. The fraction of sp³-hybridized carbons (Fsp3) is 0.450. The fourth-order valence-electron chi connectivity index (χ4n) is 2.53. The number of aromatic nitrogens is 1. The number of aryl methyl sites for hydroxylation is 1. The van der Waals surface area contributed by atoms with Crippen molar-refractivity contribution in [3.8, 4) is 0 Å². The second-order valence-corrected chi connectivity index (χ2v) is 8.02. The number of nitrogens with one attached hydrogen (secondary N) is 2. The van der Waals surface area contributed by atoms with Gasteiger partial charge in [0.15, 0.2) is 5.82 Å². The zero-order valence-electron chi connectivity index (χ0n) is 16.6. The first-order valence-corrected chi connectivity index (χ1v) is 10.3.